The molecule has 1 fully saturated rings. The number of amides is 1. The Morgan fingerprint density at radius 1 is 1.24 bits per heavy atom. The van der Waals surface area contributed by atoms with Gasteiger partial charge in [0.1, 0.15) is 11.9 Å². The van der Waals surface area contributed by atoms with Crippen molar-refractivity contribution in [1.29, 1.82) is 0 Å². The minimum Gasteiger partial charge on any atom is -0.367 e. The summed E-state index contributed by atoms with van der Waals surface area (Å²) in [5.74, 6) is -0.489. The largest absolute Gasteiger partial charge is 0.367 e. The molecule has 2 aromatic carbocycles. The predicted molar refractivity (Wildman–Crippen MR) is 105 cm³/mol. The zero-order chi connectivity index (χ0) is 20.4. The van der Waals surface area contributed by atoms with Crippen molar-refractivity contribution in [2.75, 3.05) is 13.2 Å². The molecule has 0 aliphatic carbocycles. The van der Waals surface area contributed by atoms with Crippen molar-refractivity contribution >= 4 is 5.91 Å². The summed E-state index contributed by atoms with van der Waals surface area (Å²) < 4.78 is 19.2. The number of nitrogens with two attached hydrogens (primary N) is 1. The molecule has 4 rings (SSSR count). The van der Waals surface area contributed by atoms with E-state index in [2.05, 4.69) is 16.1 Å². The number of hydrogen-bond donors (Lipinski definition) is 1. The fraction of sp³-hybridized carbons (Fsp3) is 0.381. The second-order valence-corrected chi connectivity index (χ2v) is 7.43. The van der Waals surface area contributed by atoms with E-state index >= 15 is 0 Å². The van der Waals surface area contributed by atoms with E-state index in [1.807, 2.05) is 18.2 Å². The van der Waals surface area contributed by atoms with Crippen LogP contribution >= 0.6 is 0 Å². The normalized spacial score (nSPS) is 26.3. The Morgan fingerprint density at radius 2 is 2.00 bits per heavy atom. The second-order valence-electron chi connectivity index (χ2n) is 7.43. The molecule has 1 amide bonds. The van der Waals surface area contributed by atoms with E-state index in [1.54, 1.807) is 17.0 Å². The lowest BCUT2D eigenvalue weighted by molar-refractivity contribution is -0.149. The minimum absolute atomic E-state index is 0.158. The lowest BCUT2D eigenvalue weighted by atomic mass is 9.87. The molecule has 0 spiro atoms. The highest BCUT2D eigenvalue weighted by Crippen LogP contribution is 2.36. The number of carbonyl (C=O) groups excluding carboxylic acids is 1. The van der Waals surface area contributed by atoms with Gasteiger partial charge in [0.2, 0.25) is 0 Å². The number of nitrogens with zero attached hydrogens (tertiary/aromatic N) is 4. The van der Waals surface area contributed by atoms with Crippen LogP contribution in [0.3, 0.4) is 0 Å². The number of fused-ring (bicyclic) bond motifs is 1. The van der Waals surface area contributed by atoms with Gasteiger partial charge in [-0.15, -0.1) is 0 Å². The standard InChI is InChI=1S/C21H22FN5O2/c22-15-7-5-14(6-8-15)20-16-4-2-1-3-13(16)9-10-27(20)21(28)19-11-18(25-26-24)17(23)12-29-19/h1-8,17-20H,9-12,23H2/t17-,18+,19-,20+/m1/s1. The van der Waals surface area contributed by atoms with Gasteiger partial charge < -0.3 is 15.4 Å². The highest BCUT2D eigenvalue weighted by molar-refractivity contribution is 5.82. The molecular weight excluding hydrogens is 373 g/mol. The van der Waals surface area contributed by atoms with E-state index < -0.39 is 18.2 Å². The Balaban J connectivity index is 1.67. The maximum Gasteiger partial charge on any atom is 0.252 e. The summed E-state index contributed by atoms with van der Waals surface area (Å²) in [4.78, 5) is 18.0. The number of carbonyl (C=O) groups is 1. The molecule has 0 bridgehead atoms. The quantitative estimate of drug-likeness (QED) is 0.490. The van der Waals surface area contributed by atoms with Crippen LogP contribution in [0.1, 0.15) is 29.2 Å². The summed E-state index contributed by atoms with van der Waals surface area (Å²) in [5.41, 5.74) is 17.8. The van der Waals surface area contributed by atoms with Gasteiger partial charge >= 0.3 is 0 Å². The van der Waals surface area contributed by atoms with Crippen LogP contribution in [0.25, 0.3) is 10.4 Å². The van der Waals surface area contributed by atoms with Crippen molar-refractivity contribution in [3.05, 3.63) is 81.5 Å². The molecule has 29 heavy (non-hydrogen) atoms. The van der Waals surface area contributed by atoms with Crippen LogP contribution < -0.4 is 5.73 Å². The fourth-order valence-corrected chi connectivity index (χ4v) is 4.17. The smallest absolute Gasteiger partial charge is 0.252 e. The second kappa shape index (κ2) is 8.21. The molecule has 0 unspecified atom stereocenters. The number of azide groups is 1. The molecule has 1 saturated heterocycles. The van der Waals surface area contributed by atoms with E-state index in [0.717, 1.165) is 17.5 Å². The lowest BCUT2D eigenvalue weighted by Gasteiger charge is -2.41. The SMILES string of the molecule is [N-]=[N+]=N[C@H]1C[C@H](C(=O)N2CCc3ccccc3[C@@H]2c2ccc(F)cc2)OC[C@H]1N. The van der Waals surface area contributed by atoms with Crippen LogP contribution in [0.4, 0.5) is 4.39 Å². The predicted octanol–water partition coefficient (Wildman–Crippen LogP) is 3.09. The average Bonchev–Trinajstić information content (AvgIpc) is 2.75. The zero-order valence-corrected chi connectivity index (χ0v) is 15.8. The van der Waals surface area contributed by atoms with Crippen LogP contribution in [0.2, 0.25) is 0 Å². The molecule has 7 nitrogen and oxygen atoms in total. The van der Waals surface area contributed by atoms with Crippen molar-refractivity contribution in [1.82, 2.24) is 4.90 Å². The van der Waals surface area contributed by atoms with Crippen molar-refractivity contribution in [3.8, 4) is 0 Å². The van der Waals surface area contributed by atoms with Crippen LogP contribution in [0, 0.1) is 5.82 Å². The topological polar surface area (TPSA) is 104 Å². The Morgan fingerprint density at radius 3 is 2.76 bits per heavy atom. The third-order valence-electron chi connectivity index (χ3n) is 5.67. The zero-order valence-electron chi connectivity index (χ0n) is 15.8. The lowest BCUT2D eigenvalue weighted by Crippen LogP contribution is -2.53. The summed E-state index contributed by atoms with van der Waals surface area (Å²) in [5, 5.41) is 3.73. The molecule has 2 heterocycles. The third kappa shape index (κ3) is 3.82. The number of rotatable bonds is 3. The van der Waals surface area contributed by atoms with E-state index in [0.29, 0.717) is 6.54 Å². The van der Waals surface area contributed by atoms with Crippen molar-refractivity contribution in [2.24, 2.45) is 10.8 Å². The summed E-state index contributed by atoms with van der Waals surface area (Å²) in [7, 11) is 0. The van der Waals surface area contributed by atoms with E-state index in [9.17, 15) is 9.18 Å². The highest BCUT2D eigenvalue weighted by Gasteiger charge is 2.39. The Bertz CT molecular complexity index is 944. The molecule has 0 aromatic heterocycles. The Kier molecular flexibility index (Phi) is 5.49. The Labute approximate surface area is 167 Å². The van der Waals surface area contributed by atoms with E-state index in [1.165, 1.54) is 17.7 Å². The number of hydrogen-bond acceptors (Lipinski definition) is 4. The molecule has 2 aliphatic rings. The molecule has 2 aliphatic heterocycles. The molecule has 150 valence electrons. The fourth-order valence-electron chi connectivity index (χ4n) is 4.17. The Hall–Kier alpha value is -2.93. The van der Waals surface area contributed by atoms with Crippen molar-refractivity contribution < 1.29 is 13.9 Å². The minimum atomic E-state index is -0.724. The third-order valence-corrected chi connectivity index (χ3v) is 5.67. The first-order valence-electron chi connectivity index (χ1n) is 9.63. The molecular formula is C21H22FN5O2. The van der Waals surface area contributed by atoms with Crippen LogP contribution in [0.5, 0.6) is 0 Å². The van der Waals surface area contributed by atoms with Crippen LogP contribution in [-0.2, 0) is 16.0 Å². The van der Waals surface area contributed by atoms with E-state index in [-0.39, 0.29) is 30.8 Å². The summed E-state index contributed by atoms with van der Waals surface area (Å²) in [6.45, 7) is 0.682. The summed E-state index contributed by atoms with van der Waals surface area (Å²) >= 11 is 0. The maximum atomic E-state index is 13.5. The maximum absolute atomic E-state index is 13.5. The van der Waals surface area contributed by atoms with Gasteiger partial charge in [0, 0.05) is 17.5 Å². The van der Waals surface area contributed by atoms with Gasteiger partial charge in [-0.3, -0.25) is 4.79 Å². The average molecular weight is 395 g/mol. The monoisotopic (exact) mass is 395 g/mol. The molecule has 4 atom stereocenters. The molecule has 0 radical (unpaired) electrons. The van der Waals surface area contributed by atoms with Gasteiger partial charge in [-0.1, -0.05) is 41.5 Å². The molecule has 0 saturated carbocycles. The molecule has 8 heteroatoms. The van der Waals surface area contributed by atoms with Gasteiger partial charge in [-0.25, -0.2) is 4.39 Å². The van der Waals surface area contributed by atoms with Crippen molar-refractivity contribution in [2.45, 2.75) is 37.1 Å². The van der Waals surface area contributed by atoms with Crippen molar-refractivity contribution in [3.63, 3.8) is 0 Å². The van der Waals surface area contributed by atoms with Gasteiger partial charge in [0.15, 0.2) is 0 Å². The number of ether oxygens (including phenoxy) is 1. The first kappa shape index (κ1) is 19.4. The first-order chi connectivity index (χ1) is 14.1. The van der Waals surface area contributed by atoms with Crippen LogP contribution in [0.15, 0.2) is 53.6 Å². The van der Waals surface area contributed by atoms with Crippen LogP contribution in [-0.4, -0.2) is 42.1 Å². The summed E-state index contributed by atoms with van der Waals surface area (Å²) in [6, 6.07) is 13.0. The van der Waals surface area contributed by atoms with Gasteiger partial charge in [0.05, 0.1) is 18.7 Å². The highest BCUT2D eigenvalue weighted by atomic mass is 19.1. The summed E-state index contributed by atoms with van der Waals surface area (Å²) in [6.07, 6.45) is 0.253. The van der Waals surface area contributed by atoms with Gasteiger partial charge in [-0.05, 0) is 47.2 Å². The molecule has 2 N–H and O–H groups in total. The van der Waals surface area contributed by atoms with E-state index in [4.69, 9.17) is 16.0 Å². The van der Waals surface area contributed by atoms with Gasteiger partial charge in [0.25, 0.3) is 5.91 Å². The first-order valence-corrected chi connectivity index (χ1v) is 9.63. The van der Waals surface area contributed by atoms with Gasteiger partial charge in [-0.2, -0.15) is 0 Å². The number of halogens is 1. The number of benzene rings is 2. The molecule has 2 aromatic rings.